The van der Waals surface area contributed by atoms with Crippen LogP contribution in [-0.2, 0) is 17.8 Å². The van der Waals surface area contributed by atoms with Crippen molar-refractivity contribution in [2.75, 3.05) is 32.8 Å². The van der Waals surface area contributed by atoms with Crippen LogP contribution in [0, 0.1) is 5.41 Å². The van der Waals surface area contributed by atoms with Crippen molar-refractivity contribution in [3.05, 3.63) is 12.2 Å². The predicted molar refractivity (Wildman–Crippen MR) is 62.2 cm³/mol. The Kier molecular flexibility index (Phi) is 2.85. The normalized spacial score (nSPS) is 29.5. The van der Waals surface area contributed by atoms with Crippen LogP contribution in [-0.4, -0.2) is 52.5 Å². The van der Waals surface area contributed by atoms with E-state index in [0.29, 0.717) is 6.54 Å². The van der Waals surface area contributed by atoms with Crippen molar-refractivity contribution in [1.29, 1.82) is 0 Å². The van der Waals surface area contributed by atoms with Gasteiger partial charge in [0.05, 0.1) is 13.2 Å². The van der Waals surface area contributed by atoms with Gasteiger partial charge in [0, 0.05) is 38.2 Å². The molecule has 6 nitrogen and oxygen atoms in total. The van der Waals surface area contributed by atoms with Crippen molar-refractivity contribution in [3.8, 4) is 0 Å². The molecule has 3 rings (SSSR count). The SMILES string of the molecule is NCC1(CN2CCn3cnnc3C2)CCOC1. The Labute approximate surface area is 101 Å². The zero-order chi connectivity index (χ0) is 11.7. The number of nitrogens with zero attached hydrogens (tertiary/aromatic N) is 4. The van der Waals surface area contributed by atoms with E-state index in [1.807, 2.05) is 6.33 Å². The van der Waals surface area contributed by atoms with Crippen molar-refractivity contribution < 1.29 is 4.74 Å². The van der Waals surface area contributed by atoms with Gasteiger partial charge in [-0.3, -0.25) is 4.90 Å². The third-order valence-corrected chi connectivity index (χ3v) is 3.89. The molecule has 0 aliphatic carbocycles. The Morgan fingerprint density at radius 1 is 1.47 bits per heavy atom. The molecule has 1 saturated heterocycles. The van der Waals surface area contributed by atoms with Gasteiger partial charge in [-0.05, 0) is 6.42 Å². The fourth-order valence-electron chi connectivity index (χ4n) is 2.73. The summed E-state index contributed by atoms with van der Waals surface area (Å²) >= 11 is 0. The average Bonchev–Trinajstić information content (AvgIpc) is 2.97. The summed E-state index contributed by atoms with van der Waals surface area (Å²) in [4.78, 5) is 2.42. The lowest BCUT2D eigenvalue weighted by molar-refractivity contribution is 0.0993. The third kappa shape index (κ3) is 2.08. The van der Waals surface area contributed by atoms with Gasteiger partial charge < -0.3 is 15.0 Å². The Bertz CT molecular complexity index is 385. The maximum atomic E-state index is 5.92. The van der Waals surface area contributed by atoms with Gasteiger partial charge in [0.2, 0.25) is 0 Å². The second kappa shape index (κ2) is 4.36. The lowest BCUT2D eigenvalue weighted by Crippen LogP contribution is -2.45. The number of ether oxygens (including phenoxy) is 1. The molecule has 0 radical (unpaired) electrons. The summed E-state index contributed by atoms with van der Waals surface area (Å²) in [6.07, 6.45) is 2.89. The van der Waals surface area contributed by atoms with E-state index >= 15 is 0 Å². The molecule has 2 aliphatic heterocycles. The molecule has 0 bridgehead atoms. The van der Waals surface area contributed by atoms with E-state index in [1.54, 1.807) is 0 Å². The predicted octanol–water partition coefficient (Wildman–Crippen LogP) is -0.541. The molecule has 1 unspecified atom stereocenters. The third-order valence-electron chi connectivity index (χ3n) is 3.89. The summed E-state index contributed by atoms with van der Waals surface area (Å²) in [6.45, 7) is 6.26. The molecule has 0 aromatic carbocycles. The topological polar surface area (TPSA) is 69.2 Å². The van der Waals surface area contributed by atoms with E-state index in [-0.39, 0.29) is 5.41 Å². The van der Waals surface area contributed by atoms with Gasteiger partial charge in [-0.25, -0.2) is 0 Å². The zero-order valence-electron chi connectivity index (χ0n) is 10.0. The van der Waals surface area contributed by atoms with Gasteiger partial charge in [0.15, 0.2) is 0 Å². The number of hydrogen-bond donors (Lipinski definition) is 1. The van der Waals surface area contributed by atoms with Crippen LogP contribution >= 0.6 is 0 Å². The quantitative estimate of drug-likeness (QED) is 0.764. The zero-order valence-corrected chi connectivity index (χ0v) is 10.0. The van der Waals surface area contributed by atoms with Crippen LogP contribution in [0.3, 0.4) is 0 Å². The van der Waals surface area contributed by atoms with E-state index in [9.17, 15) is 0 Å². The lowest BCUT2D eigenvalue weighted by Gasteiger charge is -2.35. The van der Waals surface area contributed by atoms with Crippen molar-refractivity contribution >= 4 is 0 Å². The summed E-state index contributed by atoms with van der Waals surface area (Å²) in [7, 11) is 0. The molecule has 94 valence electrons. The van der Waals surface area contributed by atoms with E-state index < -0.39 is 0 Å². The van der Waals surface area contributed by atoms with E-state index in [0.717, 1.165) is 51.6 Å². The van der Waals surface area contributed by atoms with Crippen LogP contribution in [0.2, 0.25) is 0 Å². The molecule has 1 fully saturated rings. The Morgan fingerprint density at radius 2 is 2.41 bits per heavy atom. The van der Waals surface area contributed by atoms with Crippen molar-refractivity contribution in [2.24, 2.45) is 11.1 Å². The maximum absolute atomic E-state index is 5.92. The molecule has 6 heteroatoms. The summed E-state index contributed by atoms with van der Waals surface area (Å²) in [6, 6.07) is 0. The van der Waals surface area contributed by atoms with Gasteiger partial charge in [-0.1, -0.05) is 0 Å². The highest BCUT2D eigenvalue weighted by Gasteiger charge is 2.36. The highest BCUT2D eigenvalue weighted by Crippen LogP contribution is 2.29. The highest BCUT2D eigenvalue weighted by atomic mass is 16.5. The maximum Gasteiger partial charge on any atom is 0.147 e. The van der Waals surface area contributed by atoms with Gasteiger partial charge in [-0.15, -0.1) is 10.2 Å². The summed E-state index contributed by atoms with van der Waals surface area (Å²) < 4.78 is 7.63. The van der Waals surface area contributed by atoms with E-state index in [4.69, 9.17) is 10.5 Å². The first kappa shape index (κ1) is 11.1. The minimum atomic E-state index is 0.155. The molecular weight excluding hydrogens is 218 g/mol. The number of aromatic nitrogens is 3. The van der Waals surface area contributed by atoms with Crippen molar-refractivity contribution in [3.63, 3.8) is 0 Å². The van der Waals surface area contributed by atoms with Crippen LogP contribution in [0.25, 0.3) is 0 Å². The number of fused-ring (bicyclic) bond motifs is 1. The largest absolute Gasteiger partial charge is 0.381 e. The standard InChI is InChI=1S/C11H19N5O/c12-6-11(1-4-17-8-11)7-15-2-3-16-9-13-14-10(16)5-15/h9H,1-8,12H2. The van der Waals surface area contributed by atoms with Crippen LogP contribution in [0.4, 0.5) is 0 Å². The molecule has 1 aromatic heterocycles. The van der Waals surface area contributed by atoms with Gasteiger partial charge in [0.25, 0.3) is 0 Å². The summed E-state index contributed by atoms with van der Waals surface area (Å²) in [5.41, 5.74) is 6.08. The molecule has 0 spiro atoms. The van der Waals surface area contributed by atoms with E-state index in [1.165, 1.54) is 0 Å². The number of rotatable bonds is 3. The Morgan fingerprint density at radius 3 is 3.18 bits per heavy atom. The minimum Gasteiger partial charge on any atom is -0.381 e. The van der Waals surface area contributed by atoms with Crippen molar-refractivity contribution in [1.82, 2.24) is 19.7 Å². The lowest BCUT2D eigenvalue weighted by atomic mass is 9.86. The molecule has 2 aliphatic rings. The van der Waals surface area contributed by atoms with Crippen LogP contribution in [0.5, 0.6) is 0 Å². The highest BCUT2D eigenvalue weighted by molar-refractivity contribution is 4.93. The minimum absolute atomic E-state index is 0.155. The fraction of sp³-hybridized carbons (Fsp3) is 0.818. The first-order valence-corrected chi connectivity index (χ1v) is 6.18. The number of hydrogen-bond acceptors (Lipinski definition) is 5. The monoisotopic (exact) mass is 237 g/mol. The second-order valence-electron chi connectivity index (χ2n) is 5.16. The van der Waals surface area contributed by atoms with Crippen LogP contribution in [0.15, 0.2) is 6.33 Å². The summed E-state index contributed by atoms with van der Waals surface area (Å²) in [5, 5.41) is 8.08. The molecule has 17 heavy (non-hydrogen) atoms. The second-order valence-corrected chi connectivity index (χ2v) is 5.16. The molecule has 1 atom stereocenters. The fourth-order valence-corrected chi connectivity index (χ4v) is 2.73. The first-order valence-electron chi connectivity index (χ1n) is 6.18. The van der Waals surface area contributed by atoms with Gasteiger partial charge in [0.1, 0.15) is 12.2 Å². The van der Waals surface area contributed by atoms with Crippen molar-refractivity contribution in [2.45, 2.75) is 19.5 Å². The Balaban J connectivity index is 1.67. The van der Waals surface area contributed by atoms with Gasteiger partial charge >= 0.3 is 0 Å². The van der Waals surface area contributed by atoms with Gasteiger partial charge in [-0.2, -0.15) is 0 Å². The molecule has 0 saturated carbocycles. The summed E-state index contributed by atoms with van der Waals surface area (Å²) in [5.74, 6) is 1.06. The van der Waals surface area contributed by atoms with Crippen LogP contribution in [0.1, 0.15) is 12.2 Å². The molecule has 2 N–H and O–H groups in total. The molecule has 1 aromatic rings. The average molecular weight is 237 g/mol. The molecule has 3 heterocycles. The molecule has 0 amide bonds. The molecular formula is C11H19N5O. The smallest absolute Gasteiger partial charge is 0.147 e. The Hall–Kier alpha value is -0.980. The first-order chi connectivity index (χ1) is 8.31. The van der Waals surface area contributed by atoms with E-state index in [2.05, 4.69) is 19.7 Å². The number of nitrogens with two attached hydrogens (primary N) is 1. The van der Waals surface area contributed by atoms with Crippen LogP contribution < -0.4 is 5.73 Å².